The average molecular weight is 297 g/mol. The summed E-state index contributed by atoms with van der Waals surface area (Å²) in [5.41, 5.74) is 3.87. The van der Waals surface area contributed by atoms with Crippen LogP contribution >= 0.6 is 0 Å². The Morgan fingerprint density at radius 3 is 3.05 bits per heavy atom. The van der Waals surface area contributed by atoms with E-state index in [9.17, 15) is 4.79 Å². The van der Waals surface area contributed by atoms with Crippen molar-refractivity contribution in [3.05, 3.63) is 47.3 Å². The Bertz CT molecular complexity index is 716. The van der Waals surface area contributed by atoms with Gasteiger partial charge in [0.25, 0.3) is 5.91 Å². The molecular weight excluding hydrogens is 278 g/mol. The molecule has 22 heavy (non-hydrogen) atoms. The third-order valence-corrected chi connectivity index (χ3v) is 4.54. The summed E-state index contributed by atoms with van der Waals surface area (Å²) in [7, 11) is 1.87. The maximum atomic E-state index is 13.0. The monoisotopic (exact) mass is 297 g/mol. The smallest absolute Gasteiger partial charge is 0.261 e. The second-order valence-corrected chi connectivity index (χ2v) is 6.00. The second kappa shape index (κ2) is 5.25. The minimum atomic E-state index is 0.0555. The van der Waals surface area contributed by atoms with Crippen LogP contribution in [0.5, 0.6) is 0 Å². The van der Waals surface area contributed by atoms with Crippen LogP contribution in [0.2, 0.25) is 0 Å². The maximum Gasteiger partial charge on any atom is 0.261 e. The summed E-state index contributed by atoms with van der Waals surface area (Å²) < 4.78 is 7.20. The number of nitrogens with zero attached hydrogens (tertiary/aromatic N) is 3. The molecule has 0 spiro atoms. The van der Waals surface area contributed by atoms with Gasteiger partial charge in [-0.3, -0.25) is 9.48 Å². The lowest BCUT2D eigenvalue weighted by Crippen LogP contribution is -2.29. The zero-order chi connectivity index (χ0) is 15.1. The molecule has 1 saturated heterocycles. The molecule has 0 aliphatic carbocycles. The third-order valence-electron chi connectivity index (χ3n) is 4.54. The van der Waals surface area contributed by atoms with Crippen molar-refractivity contribution in [3.8, 4) is 0 Å². The summed E-state index contributed by atoms with van der Waals surface area (Å²) in [6, 6.07) is 8.13. The summed E-state index contributed by atoms with van der Waals surface area (Å²) in [5, 5.41) is 4.53. The summed E-state index contributed by atoms with van der Waals surface area (Å²) in [6.07, 6.45) is 3.70. The molecule has 0 N–H and O–H groups in total. The van der Waals surface area contributed by atoms with Crippen LogP contribution < -0.4 is 4.90 Å². The Balaban J connectivity index is 1.69. The molecule has 0 saturated carbocycles. The van der Waals surface area contributed by atoms with E-state index in [-0.39, 0.29) is 11.8 Å². The highest BCUT2D eigenvalue weighted by Gasteiger charge is 2.31. The van der Waals surface area contributed by atoms with Crippen LogP contribution in [0.15, 0.2) is 30.5 Å². The Labute approximate surface area is 129 Å². The van der Waals surface area contributed by atoms with Gasteiger partial charge in [-0.2, -0.15) is 5.10 Å². The minimum absolute atomic E-state index is 0.0555. The van der Waals surface area contributed by atoms with Crippen molar-refractivity contribution in [2.24, 2.45) is 7.05 Å². The number of amides is 1. The molecule has 3 heterocycles. The number of ether oxygens (including phenoxy) is 1. The van der Waals surface area contributed by atoms with Gasteiger partial charge in [0.1, 0.15) is 0 Å². The van der Waals surface area contributed by atoms with E-state index in [1.54, 1.807) is 4.68 Å². The zero-order valence-electron chi connectivity index (χ0n) is 12.7. The third kappa shape index (κ3) is 2.13. The number of fused-ring (bicyclic) bond motifs is 1. The predicted octanol–water partition coefficient (Wildman–Crippen LogP) is 2.13. The van der Waals surface area contributed by atoms with Crippen molar-refractivity contribution < 1.29 is 9.53 Å². The lowest BCUT2D eigenvalue weighted by atomic mass is 10.0. The lowest BCUT2D eigenvalue weighted by molar-refractivity contribution is 0.0988. The van der Waals surface area contributed by atoms with Gasteiger partial charge in [-0.25, -0.2) is 0 Å². The SMILES string of the molecule is Cn1cc(C(=O)N2CCc3ccccc32)c([C@H]2CCOC2)n1. The van der Waals surface area contributed by atoms with Crippen LogP contribution in [0.25, 0.3) is 0 Å². The van der Waals surface area contributed by atoms with E-state index in [1.165, 1.54) is 5.56 Å². The fraction of sp³-hybridized carbons (Fsp3) is 0.412. The number of hydrogen-bond donors (Lipinski definition) is 0. The normalized spacial score (nSPS) is 20.4. The summed E-state index contributed by atoms with van der Waals surface area (Å²) in [6.45, 7) is 2.16. The van der Waals surface area contributed by atoms with Gasteiger partial charge in [0.05, 0.1) is 17.9 Å². The molecule has 2 aliphatic rings. The van der Waals surface area contributed by atoms with Crippen molar-refractivity contribution in [2.45, 2.75) is 18.8 Å². The topological polar surface area (TPSA) is 47.4 Å². The number of carbonyl (C=O) groups excluding carboxylic acids is 1. The average Bonchev–Trinajstić information content (AvgIpc) is 3.25. The van der Waals surface area contributed by atoms with Gasteiger partial charge in [-0.15, -0.1) is 0 Å². The van der Waals surface area contributed by atoms with E-state index in [2.05, 4.69) is 11.2 Å². The number of carbonyl (C=O) groups is 1. The molecule has 1 atom stereocenters. The molecule has 2 aromatic rings. The number of benzene rings is 1. The molecule has 4 rings (SSSR count). The molecule has 5 nitrogen and oxygen atoms in total. The molecule has 114 valence electrons. The Morgan fingerprint density at radius 1 is 1.36 bits per heavy atom. The van der Waals surface area contributed by atoms with Crippen molar-refractivity contribution in [2.75, 3.05) is 24.7 Å². The van der Waals surface area contributed by atoms with Crippen LogP contribution in [0.1, 0.15) is 34.0 Å². The molecular formula is C17H19N3O2. The van der Waals surface area contributed by atoms with Gasteiger partial charge in [-0.1, -0.05) is 18.2 Å². The molecule has 2 aliphatic heterocycles. The quantitative estimate of drug-likeness (QED) is 0.853. The van der Waals surface area contributed by atoms with Gasteiger partial charge in [0, 0.05) is 38.0 Å². The Hall–Kier alpha value is -2.14. The molecule has 0 radical (unpaired) electrons. The fourth-order valence-corrected chi connectivity index (χ4v) is 3.42. The van der Waals surface area contributed by atoms with Crippen LogP contribution in [-0.2, 0) is 18.2 Å². The van der Waals surface area contributed by atoms with Crippen LogP contribution in [0.3, 0.4) is 0 Å². The molecule has 1 fully saturated rings. The highest BCUT2D eigenvalue weighted by Crippen LogP contribution is 2.32. The van der Waals surface area contributed by atoms with Crippen molar-refractivity contribution in [1.82, 2.24) is 9.78 Å². The highest BCUT2D eigenvalue weighted by molar-refractivity contribution is 6.08. The van der Waals surface area contributed by atoms with E-state index in [0.29, 0.717) is 6.61 Å². The van der Waals surface area contributed by atoms with E-state index in [4.69, 9.17) is 4.74 Å². The first kappa shape index (κ1) is 13.5. The number of para-hydroxylation sites is 1. The highest BCUT2D eigenvalue weighted by atomic mass is 16.5. The second-order valence-electron chi connectivity index (χ2n) is 6.00. The van der Waals surface area contributed by atoms with Gasteiger partial charge in [-0.05, 0) is 24.5 Å². The standard InChI is InChI=1S/C17H19N3O2/c1-19-10-14(16(18-19)13-7-9-22-11-13)17(21)20-8-6-12-4-2-3-5-15(12)20/h2-5,10,13H,6-9,11H2,1H3/t13-/m0/s1. The predicted molar refractivity (Wildman–Crippen MR) is 83.2 cm³/mol. The fourth-order valence-electron chi connectivity index (χ4n) is 3.42. The number of anilines is 1. The Morgan fingerprint density at radius 2 is 2.23 bits per heavy atom. The number of hydrogen-bond acceptors (Lipinski definition) is 3. The van der Waals surface area contributed by atoms with E-state index in [1.807, 2.05) is 36.3 Å². The first-order valence-electron chi connectivity index (χ1n) is 7.75. The van der Waals surface area contributed by atoms with Gasteiger partial charge < -0.3 is 9.64 Å². The molecule has 1 amide bonds. The van der Waals surface area contributed by atoms with E-state index < -0.39 is 0 Å². The molecule has 5 heteroatoms. The van der Waals surface area contributed by atoms with Gasteiger partial charge in [0.15, 0.2) is 0 Å². The van der Waals surface area contributed by atoms with Crippen LogP contribution in [0, 0.1) is 0 Å². The Kier molecular flexibility index (Phi) is 3.22. The molecule has 0 unspecified atom stereocenters. The van der Waals surface area contributed by atoms with Crippen molar-refractivity contribution in [1.29, 1.82) is 0 Å². The first-order chi connectivity index (χ1) is 10.7. The summed E-state index contributed by atoms with van der Waals surface area (Å²) >= 11 is 0. The molecule has 1 aromatic heterocycles. The van der Waals surface area contributed by atoms with Gasteiger partial charge in [0.2, 0.25) is 0 Å². The molecule has 0 bridgehead atoms. The van der Waals surface area contributed by atoms with E-state index >= 15 is 0 Å². The van der Waals surface area contributed by atoms with Gasteiger partial charge >= 0.3 is 0 Å². The maximum absolute atomic E-state index is 13.0. The van der Waals surface area contributed by atoms with Crippen LogP contribution in [-0.4, -0.2) is 35.4 Å². The first-order valence-corrected chi connectivity index (χ1v) is 7.75. The lowest BCUT2D eigenvalue weighted by Gasteiger charge is -2.18. The number of rotatable bonds is 2. The minimum Gasteiger partial charge on any atom is -0.381 e. The largest absolute Gasteiger partial charge is 0.381 e. The zero-order valence-corrected chi connectivity index (χ0v) is 12.7. The van der Waals surface area contributed by atoms with E-state index in [0.717, 1.165) is 42.9 Å². The summed E-state index contributed by atoms with van der Waals surface area (Å²) in [4.78, 5) is 14.9. The van der Waals surface area contributed by atoms with Crippen molar-refractivity contribution >= 4 is 11.6 Å². The summed E-state index contributed by atoms with van der Waals surface area (Å²) in [5.74, 6) is 0.290. The van der Waals surface area contributed by atoms with Crippen molar-refractivity contribution in [3.63, 3.8) is 0 Å². The molecule has 1 aromatic carbocycles. The van der Waals surface area contributed by atoms with Crippen LogP contribution in [0.4, 0.5) is 5.69 Å². The number of aryl methyl sites for hydroxylation is 1. The number of aromatic nitrogens is 2.